The van der Waals surface area contributed by atoms with Gasteiger partial charge in [0.05, 0.1) is 4.92 Å². The summed E-state index contributed by atoms with van der Waals surface area (Å²) < 4.78 is 14.7. The molecule has 0 saturated heterocycles. The molecule has 0 amide bonds. The summed E-state index contributed by atoms with van der Waals surface area (Å²) in [5, 5.41) is 10.4. The summed E-state index contributed by atoms with van der Waals surface area (Å²) in [7, 11) is -4.62. The fourth-order valence-corrected chi connectivity index (χ4v) is 1.42. The fourth-order valence-electron chi connectivity index (χ4n) is 1.03. The minimum atomic E-state index is -4.62. The third-order valence-corrected chi connectivity index (χ3v) is 2.04. The Bertz CT molecular complexity index is 439. The van der Waals surface area contributed by atoms with Crippen molar-refractivity contribution in [1.29, 1.82) is 0 Å². The number of nitrogens with zero attached hydrogens (tertiary/aromatic N) is 1. The van der Waals surface area contributed by atoms with Crippen LogP contribution in [0, 0.1) is 17.0 Å². The lowest BCUT2D eigenvalue weighted by atomic mass is 10.2. The smallest absolute Gasteiger partial charge is 0.404 e. The summed E-state index contributed by atoms with van der Waals surface area (Å²) in [6, 6.07) is 3.45. The van der Waals surface area contributed by atoms with Crippen molar-refractivity contribution in [3.63, 3.8) is 0 Å². The van der Waals surface area contributed by atoms with Crippen LogP contribution in [-0.2, 0) is 4.57 Å². The van der Waals surface area contributed by atoms with Crippen LogP contribution in [0.2, 0.25) is 0 Å². The Balaban J connectivity index is 3.02. The van der Waals surface area contributed by atoms with E-state index in [1.165, 1.54) is 13.0 Å². The van der Waals surface area contributed by atoms with Gasteiger partial charge in [0, 0.05) is 11.6 Å². The molecule has 8 heteroatoms. The summed E-state index contributed by atoms with van der Waals surface area (Å²) in [5.74, 6) is -0.105. The molecule has 0 bridgehead atoms. The maximum Gasteiger partial charge on any atom is 0.524 e. The number of hydrogen-bond acceptors (Lipinski definition) is 4. The second kappa shape index (κ2) is 3.98. The minimum absolute atomic E-state index is 0.105. The first-order valence-corrected chi connectivity index (χ1v) is 5.33. The SMILES string of the molecule is Cc1cc(OP(=O)(O)O)ccc1[N+](=O)[O-]. The van der Waals surface area contributed by atoms with E-state index in [4.69, 9.17) is 9.79 Å². The van der Waals surface area contributed by atoms with Gasteiger partial charge in [0.25, 0.3) is 5.69 Å². The lowest BCUT2D eigenvalue weighted by molar-refractivity contribution is -0.385. The topological polar surface area (TPSA) is 110 Å². The van der Waals surface area contributed by atoms with Crippen molar-refractivity contribution < 1.29 is 23.8 Å². The summed E-state index contributed by atoms with van der Waals surface area (Å²) >= 11 is 0. The van der Waals surface area contributed by atoms with E-state index in [2.05, 4.69) is 4.52 Å². The highest BCUT2D eigenvalue weighted by Crippen LogP contribution is 2.38. The van der Waals surface area contributed by atoms with E-state index >= 15 is 0 Å². The zero-order valence-corrected chi connectivity index (χ0v) is 8.55. The quantitative estimate of drug-likeness (QED) is 0.463. The largest absolute Gasteiger partial charge is 0.524 e. The molecule has 7 nitrogen and oxygen atoms in total. The highest BCUT2D eigenvalue weighted by atomic mass is 31.2. The molecule has 2 N–H and O–H groups in total. The van der Waals surface area contributed by atoms with Crippen molar-refractivity contribution >= 4 is 13.5 Å². The summed E-state index contributed by atoms with van der Waals surface area (Å²) in [6.45, 7) is 1.45. The van der Waals surface area contributed by atoms with Gasteiger partial charge in [-0.05, 0) is 19.1 Å². The van der Waals surface area contributed by atoms with Gasteiger partial charge in [-0.1, -0.05) is 0 Å². The molecule has 82 valence electrons. The molecular weight excluding hydrogens is 225 g/mol. The van der Waals surface area contributed by atoms with Gasteiger partial charge in [0.2, 0.25) is 0 Å². The number of rotatable bonds is 3. The van der Waals surface area contributed by atoms with Crippen LogP contribution in [0.3, 0.4) is 0 Å². The summed E-state index contributed by atoms with van der Waals surface area (Å²) in [4.78, 5) is 26.8. The van der Waals surface area contributed by atoms with Crippen LogP contribution in [0.1, 0.15) is 5.56 Å². The monoisotopic (exact) mass is 233 g/mol. The van der Waals surface area contributed by atoms with Gasteiger partial charge in [-0.15, -0.1) is 0 Å². The number of aryl methyl sites for hydroxylation is 1. The van der Waals surface area contributed by atoms with Crippen molar-refractivity contribution in [2.45, 2.75) is 6.92 Å². The van der Waals surface area contributed by atoms with Crippen molar-refractivity contribution in [2.75, 3.05) is 0 Å². The average molecular weight is 233 g/mol. The molecule has 0 spiro atoms. The van der Waals surface area contributed by atoms with Crippen LogP contribution in [0.15, 0.2) is 18.2 Å². The first-order valence-electron chi connectivity index (χ1n) is 3.80. The van der Waals surface area contributed by atoms with Gasteiger partial charge in [-0.25, -0.2) is 4.57 Å². The third kappa shape index (κ3) is 3.32. The molecule has 1 aromatic rings. The van der Waals surface area contributed by atoms with Crippen LogP contribution in [0.4, 0.5) is 5.69 Å². The summed E-state index contributed by atoms with van der Waals surface area (Å²) in [5.41, 5.74) is 0.138. The molecule has 0 aliphatic carbocycles. The summed E-state index contributed by atoms with van der Waals surface area (Å²) in [6.07, 6.45) is 0. The van der Waals surface area contributed by atoms with Gasteiger partial charge in [0.1, 0.15) is 5.75 Å². The van der Waals surface area contributed by atoms with E-state index < -0.39 is 12.7 Å². The van der Waals surface area contributed by atoms with Crippen molar-refractivity contribution in [3.8, 4) is 5.75 Å². The van der Waals surface area contributed by atoms with E-state index in [0.29, 0.717) is 0 Å². The standard InChI is InChI=1S/C7H8NO6P/c1-5-4-6(14-15(11,12)13)2-3-7(5)8(9)10/h2-4H,1H3,(H2,11,12,13). The molecule has 0 fully saturated rings. The second-order valence-electron chi connectivity index (χ2n) is 2.79. The van der Waals surface area contributed by atoms with Crippen LogP contribution in [-0.4, -0.2) is 14.7 Å². The van der Waals surface area contributed by atoms with E-state index in [-0.39, 0.29) is 17.0 Å². The lowest BCUT2D eigenvalue weighted by Gasteiger charge is -2.06. The Kier molecular flexibility index (Phi) is 3.09. The van der Waals surface area contributed by atoms with Crippen molar-refractivity contribution in [1.82, 2.24) is 0 Å². The predicted molar refractivity (Wildman–Crippen MR) is 50.5 cm³/mol. The molecule has 0 aliphatic rings. The molecular formula is C7H8NO6P. The Morgan fingerprint density at radius 1 is 1.47 bits per heavy atom. The minimum Gasteiger partial charge on any atom is -0.404 e. The van der Waals surface area contributed by atoms with Crippen LogP contribution in [0.5, 0.6) is 5.75 Å². The highest BCUT2D eigenvalue weighted by molar-refractivity contribution is 7.46. The Morgan fingerprint density at radius 3 is 2.47 bits per heavy atom. The molecule has 0 heterocycles. The van der Waals surface area contributed by atoms with Gasteiger partial charge in [-0.3, -0.25) is 19.9 Å². The van der Waals surface area contributed by atoms with Crippen LogP contribution in [0.25, 0.3) is 0 Å². The van der Waals surface area contributed by atoms with Crippen molar-refractivity contribution in [3.05, 3.63) is 33.9 Å². The fraction of sp³-hybridized carbons (Fsp3) is 0.143. The first kappa shape index (κ1) is 11.6. The van der Waals surface area contributed by atoms with Crippen molar-refractivity contribution in [2.24, 2.45) is 0 Å². The number of nitro benzene ring substituents is 1. The zero-order valence-electron chi connectivity index (χ0n) is 7.65. The predicted octanol–water partition coefficient (Wildman–Crippen LogP) is 1.37. The number of hydrogen-bond donors (Lipinski definition) is 2. The molecule has 15 heavy (non-hydrogen) atoms. The Hall–Kier alpha value is -1.43. The number of phosphoric ester groups is 1. The first-order chi connectivity index (χ1) is 6.79. The molecule has 0 radical (unpaired) electrons. The maximum atomic E-state index is 10.5. The third-order valence-electron chi connectivity index (χ3n) is 1.59. The molecule has 0 saturated carbocycles. The normalized spacial score (nSPS) is 11.1. The Labute approximate surface area is 84.7 Å². The van der Waals surface area contributed by atoms with Gasteiger partial charge in [0.15, 0.2) is 0 Å². The average Bonchev–Trinajstić information content (AvgIpc) is 1.99. The van der Waals surface area contributed by atoms with E-state index in [0.717, 1.165) is 12.1 Å². The maximum absolute atomic E-state index is 10.5. The van der Waals surface area contributed by atoms with E-state index in [9.17, 15) is 14.7 Å². The molecule has 0 atom stereocenters. The zero-order chi connectivity index (χ0) is 11.6. The molecule has 1 rings (SSSR count). The van der Waals surface area contributed by atoms with Crippen LogP contribution >= 0.6 is 7.82 Å². The second-order valence-corrected chi connectivity index (χ2v) is 3.95. The molecule has 0 unspecified atom stereocenters. The highest BCUT2D eigenvalue weighted by Gasteiger charge is 2.18. The van der Waals surface area contributed by atoms with Gasteiger partial charge >= 0.3 is 7.82 Å². The number of benzene rings is 1. The molecule has 1 aromatic carbocycles. The van der Waals surface area contributed by atoms with Gasteiger partial charge in [-0.2, -0.15) is 0 Å². The number of phosphoric acid groups is 1. The Morgan fingerprint density at radius 2 is 2.07 bits per heavy atom. The van der Waals surface area contributed by atoms with Gasteiger partial charge < -0.3 is 4.52 Å². The van der Waals surface area contributed by atoms with Crippen LogP contribution < -0.4 is 4.52 Å². The van der Waals surface area contributed by atoms with E-state index in [1.54, 1.807) is 0 Å². The van der Waals surface area contributed by atoms with E-state index in [1.807, 2.05) is 0 Å². The molecule has 0 aromatic heterocycles. The lowest BCUT2D eigenvalue weighted by Crippen LogP contribution is -1.94. The molecule has 0 aliphatic heterocycles. The number of nitro groups is 1.